The van der Waals surface area contributed by atoms with Gasteiger partial charge in [0.15, 0.2) is 0 Å². The minimum absolute atomic E-state index is 0.0501. The van der Waals surface area contributed by atoms with Gasteiger partial charge < -0.3 is 9.97 Å². The quantitative estimate of drug-likeness (QED) is 0.549. The highest BCUT2D eigenvalue weighted by molar-refractivity contribution is 7.18. The molecule has 3 heterocycles. The molecule has 1 aromatic carbocycles. The summed E-state index contributed by atoms with van der Waals surface area (Å²) < 4.78 is 38.4. The maximum atomic E-state index is 12.8. The number of nitrogens with zero attached hydrogens (tertiary/aromatic N) is 1. The fraction of sp³-hybridized carbons (Fsp3) is 0.0667. The van der Waals surface area contributed by atoms with Crippen LogP contribution in [0.5, 0.6) is 0 Å². The van der Waals surface area contributed by atoms with Crippen LogP contribution in [0.15, 0.2) is 41.3 Å². The molecule has 2 N–H and O–H groups in total. The van der Waals surface area contributed by atoms with Crippen molar-refractivity contribution in [2.45, 2.75) is 6.18 Å². The van der Waals surface area contributed by atoms with E-state index in [1.165, 1.54) is 0 Å². The summed E-state index contributed by atoms with van der Waals surface area (Å²) >= 11 is 0.469. The number of nitrogens with one attached hydrogen (secondary N) is 2. The molecule has 0 atom stereocenters. The predicted octanol–water partition coefficient (Wildman–Crippen LogP) is 4.15. The van der Waals surface area contributed by atoms with E-state index in [9.17, 15) is 18.0 Å². The highest BCUT2D eigenvalue weighted by Crippen LogP contribution is 2.37. The Bertz CT molecular complexity index is 1090. The molecule has 0 aliphatic rings. The molecule has 4 aromatic rings. The van der Waals surface area contributed by atoms with Gasteiger partial charge in [-0.3, -0.25) is 4.79 Å². The van der Waals surface area contributed by atoms with E-state index >= 15 is 0 Å². The first-order valence-corrected chi connectivity index (χ1v) is 7.43. The summed E-state index contributed by atoms with van der Waals surface area (Å²) in [5, 5.41) is 0.786. The summed E-state index contributed by atoms with van der Waals surface area (Å²) in [7, 11) is 0. The Balaban J connectivity index is 1.97. The largest absolute Gasteiger partial charge is 0.425 e. The van der Waals surface area contributed by atoms with Crippen molar-refractivity contribution < 1.29 is 13.2 Å². The molecular weight excluding hydrogens is 327 g/mol. The van der Waals surface area contributed by atoms with E-state index in [0.29, 0.717) is 16.9 Å². The van der Waals surface area contributed by atoms with Gasteiger partial charge in [0, 0.05) is 22.7 Å². The van der Waals surface area contributed by atoms with Crippen molar-refractivity contribution in [3.63, 3.8) is 0 Å². The summed E-state index contributed by atoms with van der Waals surface area (Å²) in [4.78, 5) is 21.2. The van der Waals surface area contributed by atoms with E-state index in [1.54, 1.807) is 6.20 Å². The second kappa shape index (κ2) is 4.69. The van der Waals surface area contributed by atoms with Gasteiger partial charge >= 0.3 is 6.18 Å². The molecule has 0 saturated carbocycles. The molecule has 0 aliphatic carbocycles. The predicted molar refractivity (Wildman–Crippen MR) is 82.5 cm³/mol. The number of thiophene rings is 1. The molecule has 0 radical (unpaired) electrons. The van der Waals surface area contributed by atoms with Gasteiger partial charge in [-0.25, -0.2) is 4.98 Å². The van der Waals surface area contributed by atoms with Crippen LogP contribution >= 0.6 is 11.3 Å². The van der Waals surface area contributed by atoms with E-state index in [1.807, 2.05) is 24.3 Å². The molecule has 0 spiro atoms. The molecule has 4 nitrogen and oxygen atoms in total. The van der Waals surface area contributed by atoms with Crippen molar-refractivity contribution in [3.05, 3.63) is 51.8 Å². The lowest BCUT2D eigenvalue weighted by molar-refractivity contribution is -0.134. The molecule has 0 bridgehead atoms. The molecule has 8 heteroatoms. The van der Waals surface area contributed by atoms with Gasteiger partial charge in [0.05, 0.1) is 5.39 Å². The fourth-order valence-electron chi connectivity index (χ4n) is 2.47. The van der Waals surface area contributed by atoms with E-state index in [4.69, 9.17) is 0 Å². The Morgan fingerprint density at radius 2 is 1.91 bits per heavy atom. The minimum Gasteiger partial charge on any atom is -0.360 e. The number of fused-ring (bicyclic) bond motifs is 2. The van der Waals surface area contributed by atoms with Crippen LogP contribution in [0.1, 0.15) is 4.88 Å². The van der Waals surface area contributed by atoms with Crippen molar-refractivity contribution in [3.8, 4) is 11.4 Å². The SMILES string of the molecule is O=c1[nH]c(-c2c[nH]c3ccccc23)nc2sc(C(F)(F)F)cc12. The standard InChI is InChI=1S/C15H8F3N3OS/c16-15(17,18)11-5-8-13(22)20-12(21-14(8)23-11)9-6-19-10-4-2-1-3-7(9)10/h1-6,19H,(H,20,21,22). The second-order valence-electron chi connectivity index (χ2n) is 4.99. The molecule has 0 aliphatic heterocycles. The van der Waals surface area contributed by atoms with Gasteiger partial charge in [0.2, 0.25) is 0 Å². The van der Waals surface area contributed by atoms with Gasteiger partial charge in [-0.15, -0.1) is 11.3 Å². The average Bonchev–Trinajstić information content (AvgIpc) is 3.10. The van der Waals surface area contributed by atoms with Crippen LogP contribution in [0.25, 0.3) is 32.5 Å². The molecule has 23 heavy (non-hydrogen) atoms. The molecular formula is C15H8F3N3OS. The van der Waals surface area contributed by atoms with Gasteiger partial charge in [-0.1, -0.05) is 18.2 Å². The first kappa shape index (κ1) is 14.0. The monoisotopic (exact) mass is 335 g/mol. The third-order valence-electron chi connectivity index (χ3n) is 3.53. The van der Waals surface area contributed by atoms with Crippen LogP contribution in [0.3, 0.4) is 0 Å². The number of aromatic nitrogens is 3. The van der Waals surface area contributed by atoms with E-state index in [-0.39, 0.29) is 16.0 Å². The maximum absolute atomic E-state index is 12.8. The summed E-state index contributed by atoms with van der Waals surface area (Å²) in [6.07, 6.45) is -2.81. The lowest BCUT2D eigenvalue weighted by Gasteiger charge is -1.99. The zero-order valence-electron chi connectivity index (χ0n) is 11.4. The number of para-hydroxylation sites is 1. The summed E-state index contributed by atoms with van der Waals surface area (Å²) in [6.45, 7) is 0. The van der Waals surface area contributed by atoms with E-state index < -0.39 is 16.6 Å². The van der Waals surface area contributed by atoms with Crippen molar-refractivity contribution in [1.82, 2.24) is 15.0 Å². The average molecular weight is 335 g/mol. The molecule has 3 aromatic heterocycles. The highest BCUT2D eigenvalue weighted by Gasteiger charge is 2.33. The first-order valence-electron chi connectivity index (χ1n) is 6.61. The number of hydrogen-bond donors (Lipinski definition) is 2. The minimum atomic E-state index is -4.49. The number of benzene rings is 1. The third kappa shape index (κ3) is 2.22. The van der Waals surface area contributed by atoms with Crippen LogP contribution in [0.2, 0.25) is 0 Å². The highest BCUT2D eigenvalue weighted by atomic mass is 32.1. The van der Waals surface area contributed by atoms with E-state index in [0.717, 1.165) is 17.0 Å². The smallest absolute Gasteiger partial charge is 0.360 e. The fourth-order valence-corrected chi connectivity index (χ4v) is 3.37. The normalized spacial score (nSPS) is 12.3. The zero-order valence-corrected chi connectivity index (χ0v) is 12.2. The van der Waals surface area contributed by atoms with Crippen LogP contribution < -0.4 is 5.56 Å². The lowest BCUT2D eigenvalue weighted by Crippen LogP contribution is -2.08. The lowest BCUT2D eigenvalue weighted by atomic mass is 10.1. The Morgan fingerprint density at radius 1 is 1.13 bits per heavy atom. The third-order valence-corrected chi connectivity index (χ3v) is 4.60. The number of hydrogen-bond acceptors (Lipinski definition) is 3. The van der Waals surface area contributed by atoms with Crippen molar-refractivity contribution in [1.29, 1.82) is 0 Å². The van der Waals surface area contributed by atoms with Gasteiger partial charge in [0.25, 0.3) is 5.56 Å². The Morgan fingerprint density at radius 3 is 2.70 bits per heavy atom. The molecule has 0 saturated heterocycles. The van der Waals surface area contributed by atoms with Crippen LogP contribution in [-0.2, 0) is 6.18 Å². The Hall–Kier alpha value is -2.61. The summed E-state index contributed by atoms with van der Waals surface area (Å²) in [5.41, 5.74) is 0.913. The summed E-state index contributed by atoms with van der Waals surface area (Å²) in [6, 6.07) is 8.24. The molecule has 0 fully saturated rings. The molecule has 0 unspecified atom stereocenters. The number of alkyl halides is 3. The molecule has 116 valence electrons. The number of halogens is 3. The maximum Gasteiger partial charge on any atom is 0.425 e. The van der Waals surface area contributed by atoms with Gasteiger partial charge in [-0.05, 0) is 12.1 Å². The number of aromatic amines is 2. The molecule has 0 amide bonds. The second-order valence-corrected chi connectivity index (χ2v) is 6.02. The Labute approximate surface area is 130 Å². The van der Waals surface area contributed by atoms with Crippen LogP contribution in [0.4, 0.5) is 13.2 Å². The van der Waals surface area contributed by atoms with Crippen LogP contribution in [0, 0.1) is 0 Å². The first-order chi connectivity index (χ1) is 10.9. The topological polar surface area (TPSA) is 61.5 Å². The zero-order chi connectivity index (χ0) is 16.2. The van der Waals surface area contributed by atoms with E-state index in [2.05, 4.69) is 15.0 Å². The van der Waals surface area contributed by atoms with Crippen LogP contribution in [-0.4, -0.2) is 15.0 Å². The molecule has 4 rings (SSSR count). The Kier molecular flexibility index (Phi) is 2.86. The number of rotatable bonds is 1. The van der Waals surface area contributed by atoms with Crippen molar-refractivity contribution >= 4 is 32.5 Å². The van der Waals surface area contributed by atoms with Gasteiger partial charge in [0.1, 0.15) is 15.5 Å². The summed E-state index contributed by atoms with van der Waals surface area (Å²) in [5.74, 6) is 0.246. The van der Waals surface area contributed by atoms with Crippen molar-refractivity contribution in [2.75, 3.05) is 0 Å². The van der Waals surface area contributed by atoms with Crippen molar-refractivity contribution in [2.24, 2.45) is 0 Å². The number of H-pyrrole nitrogens is 2. The van der Waals surface area contributed by atoms with Gasteiger partial charge in [-0.2, -0.15) is 13.2 Å².